The molecule has 0 aromatic carbocycles. The molecule has 0 radical (unpaired) electrons. The highest BCUT2D eigenvalue weighted by Crippen LogP contribution is 2.36. The molecule has 13 heavy (non-hydrogen) atoms. The van der Waals surface area contributed by atoms with Crippen molar-refractivity contribution in [3.8, 4) is 0 Å². The summed E-state index contributed by atoms with van der Waals surface area (Å²) in [6.07, 6.45) is 6.72. The van der Waals surface area contributed by atoms with E-state index in [0.717, 1.165) is 12.1 Å². The Morgan fingerprint density at radius 3 is 2.31 bits per heavy atom. The van der Waals surface area contributed by atoms with E-state index < -0.39 is 0 Å². The predicted molar refractivity (Wildman–Crippen MR) is 54.8 cm³/mol. The monoisotopic (exact) mass is 204 g/mol. The van der Waals surface area contributed by atoms with Crippen LogP contribution < -0.4 is 0 Å². The van der Waals surface area contributed by atoms with Crippen molar-refractivity contribution in [3.63, 3.8) is 0 Å². The van der Waals surface area contributed by atoms with Gasteiger partial charge in [-0.2, -0.15) is 0 Å². The molecule has 0 aromatic heterocycles. The minimum Gasteiger partial charge on any atom is -0.411 e. The number of rotatable bonds is 1. The molecular weight excluding hydrogens is 188 g/mol. The molecule has 1 N–H and O–H groups in total. The highest BCUT2D eigenvalue weighted by molar-refractivity contribution is 5.85. The Labute approximate surface area is 85.2 Å². The molecule has 2 fully saturated rings. The summed E-state index contributed by atoms with van der Waals surface area (Å²) in [6.45, 7) is 0. The molecule has 4 heteroatoms. The Kier molecular flexibility index (Phi) is 3.56. The molecule has 0 amide bonds. The van der Waals surface area contributed by atoms with Crippen LogP contribution >= 0.6 is 12.4 Å². The van der Waals surface area contributed by atoms with Gasteiger partial charge in [0.05, 0.1) is 0 Å². The second kappa shape index (κ2) is 4.29. The van der Waals surface area contributed by atoms with Gasteiger partial charge in [0.25, 0.3) is 0 Å². The predicted octanol–water partition coefficient (Wildman–Crippen LogP) is 1.74. The van der Waals surface area contributed by atoms with E-state index >= 15 is 0 Å². The summed E-state index contributed by atoms with van der Waals surface area (Å²) in [6, 6.07) is 1.48. The fourth-order valence-electron chi connectivity index (χ4n) is 2.67. The number of fused-ring (bicyclic) bond motifs is 2. The van der Waals surface area contributed by atoms with Crippen LogP contribution in [0.3, 0.4) is 0 Å². The van der Waals surface area contributed by atoms with Gasteiger partial charge in [0.2, 0.25) is 0 Å². The van der Waals surface area contributed by atoms with Crippen molar-refractivity contribution in [2.24, 2.45) is 11.1 Å². The third kappa shape index (κ3) is 1.97. The summed E-state index contributed by atoms with van der Waals surface area (Å²) in [5.41, 5.74) is 0. The lowest BCUT2D eigenvalue weighted by Gasteiger charge is -2.34. The Hall–Kier alpha value is -0.280. The SMILES string of the molecule is CN1C2CCC1CC(C=NO)C2.Cl. The Balaban J connectivity index is 0.000000845. The van der Waals surface area contributed by atoms with Crippen LogP contribution in [-0.4, -0.2) is 35.5 Å². The van der Waals surface area contributed by atoms with E-state index in [9.17, 15) is 0 Å². The maximum absolute atomic E-state index is 8.43. The smallest absolute Gasteiger partial charge is 0.0468 e. The molecule has 2 unspecified atom stereocenters. The topological polar surface area (TPSA) is 35.8 Å². The Bertz CT molecular complexity index is 184. The fraction of sp³-hybridized carbons (Fsp3) is 0.889. The highest BCUT2D eigenvalue weighted by atomic mass is 35.5. The largest absolute Gasteiger partial charge is 0.411 e. The molecule has 2 bridgehead atoms. The quantitative estimate of drug-likeness (QED) is 0.401. The summed E-state index contributed by atoms with van der Waals surface area (Å²) in [5, 5.41) is 11.6. The van der Waals surface area contributed by atoms with Crippen LogP contribution in [0.4, 0.5) is 0 Å². The zero-order chi connectivity index (χ0) is 8.55. The number of halogens is 1. The van der Waals surface area contributed by atoms with Gasteiger partial charge in [-0.25, -0.2) is 0 Å². The fourth-order valence-corrected chi connectivity index (χ4v) is 2.67. The van der Waals surface area contributed by atoms with Gasteiger partial charge >= 0.3 is 0 Å². The molecule has 2 aliphatic rings. The van der Waals surface area contributed by atoms with Gasteiger partial charge in [0, 0.05) is 24.2 Å². The molecule has 0 spiro atoms. The molecule has 2 aliphatic heterocycles. The van der Waals surface area contributed by atoms with Gasteiger partial charge in [-0.05, 0) is 32.7 Å². The van der Waals surface area contributed by atoms with Gasteiger partial charge in [0.1, 0.15) is 0 Å². The summed E-state index contributed by atoms with van der Waals surface area (Å²) in [5.74, 6) is 0.517. The molecule has 76 valence electrons. The number of piperidine rings is 1. The van der Waals surface area contributed by atoms with Crippen molar-refractivity contribution >= 4 is 18.6 Å². The van der Waals surface area contributed by atoms with E-state index in [0.29, 0.717) is 5.92 Å². The van der Waals surface area contributed by atoms with Crippen molar-refractivity contribution in [1.82, 2.24) is 4.90 Å². The van der Waals surface area contributed by atoms with Gasteiger partial charge in [-0.3, -0.25) is 0 Å². The van der Waals surface area contributed by atoms with Crippen LogP contribution in [0, 0.1) is 5.92 Å². The zero-order valence-corrected chi connectivity index (χ0v) is 8.70. The van der Waals surface area contributed by atoms with Crippen LogP contribution in [0.5, 0.6) is 0 Å². The van der Waals surface area contributed by atoms with E-state index in [-0.39, 0.29) is 12.4 Å². The van der Waals surface area contributed by atoms with Crippen molar-refractivity contribution in [2.75, 3.05) is 7.05 Å². The van der Waals surface area contributed by atoms with E-state index in [1.165, 1.54) is 25.7 Å². The van der Waals surface area contributed by atoms with Crippen molar-refractivity contribution in [3.05, 3.63) is 0 Å². The number of hydrogen-bond acceptors (Lipinski definition) is 3. The average molecular weight is 205 g/mol. The summed E-state index contributed by atoms with van der Waals surface area (Å²) in [4.78, 5) is 2.49. The first-order chi connectivity index (χ1) is 5.81. The molecule has 2 rings (SSSR count). The van der Waals surface area contributed by atoms with Gasteiger partial charge in [0.15, 0.2) is 0 Å². The van der Waals surface area contributed by atoms with Gasteiger partial charge in [-0.15, -0.1) is 17.6 Å². The standard InChI is InChI=1S/C9H16N2O.ClH/c1-11-8-2-3-9(11)5-7(4-8)6-10-12;/h6-9,12H,2-5H2,1H3;1H. The van der Waals surface area contributed by atoms with Crippen LogP contribution in [-0.2, 0) is 0 Å². The third-order valence-corrected chi connectivity index (χ3v) is 3.41. The van der Waals surface area contributed by atoms with E-state index in [4.69, 9.17) is 5.21 Å². The summed E-state index contributed by atoms with van der Waals surface area (Å²) in [7, 11) is 2.22. The first kappa shape index (κ1) is 10.8. The Morgan fingerprint density at radius 1 is 1.31 bits per heavy atom. The molecular formula is C9H17ClN2O. The van der Waals surface area contributed by atoms with Crippen LogP contribution in [0.15, 0.2) is 5.16 Å². The molecule has 0 aromatic rings. The maximum Gasteiger partial charge on any atom is 0.0468 e. The van der Waals surface area contributed by atoms with Gasteiger partial charge in [-0.1, -0.05) is 0 Å². The van der Waals surface area contributed by atoms with Crippen molar-refractivity contribution in [2.45, 2.75) is 37.8 Å². The molecule has 2 atom stereocenters. The first-order valence-electron chi connectivity index (χ1n) is 4.70. The summed E-state index contributed by atoms with van der Waals surface area (Å²) >= 11 is 0. The van der Waals surface area contributed by atoms with Gasteiger partial charge < -0.3 is 10.1 Å². The van der Waals surface area contributed by atoms with Crippen molar-refractivity contribution in [1.29, 1.82) is 0 Å². The van der Waals surface area contributed by atoms with Crippen LogP contribution in [0.2, 0.25) is 0 Å². The van der Waals surface area contributed by atoms with Crippen LogP contribution in [0.1, 0.15) is 25.7 Å². The summed E-state index contributed by atoms with van der Waals surface area (Å²) < 4.78 is 0. The lowest BCUT2D eigenvalue weighted by Crippen LogP contribution is -2.40. The molecule has 2 heterocycles. The van der Waals surface area contributed by atoms with E-state index in [2.05, 4.69) is 17.1 Å². The third-order valence-electron chi connectivity index (χ3n) is 3.41. The second-order valence-corrected chi connectivity index (χ2v) is 4.05. The highest BCUT2D eigenvalue weighted by Gasteiger charge is 2.37. The number of hydrogen-bond donors (Lipinski definition) is 1. The Morgan fingerprint density at radius 2 is 1.85 bits per heavy atom. The van der Waals surface area contributed by atoms with Crippen LogP contribution in [0.25, 0.3) is 0 Å². The lowest BCUT2D eigenvalue weighted by atomic mass is 9.92. The zero-order valence-electron chi connectivity index (χ0n) is 7.89. The van der Waals surface area contributed by atoms with E-state index in [1.807, 2.05) is 0 Å². The number of nitrogens with zero attached hydrogens (tertiary/aromatic N) is 2. The maximum atomic E-state index is 8.43. The molecule has 0 aliphatic carbocycles. The second-order valence-electron chi connectivity index (χ2n) is 4.05. The first-order valence-corrected chi connectivity index (χ1v) is 4.70. The minimum atomic E-state index is 0. The molecule has 0 saturated carbocycles. The lowest BCUT2D eigenvalue weighted by molar-refractivity contribution is 0.158. The van der Waals surface area contributed by atoms with E-state index in [1.54, 1.807) is 6.21 Å². The molecule has 3 nitrogen and oxygen atoms in total. The average Bonchev–Trinajstić information content (AvgIpc) is 2.33. The molecule has 2 saturated heterocycles. The number of oxime groups is 1. The minimum absolute atomic E-state index is 0. The van der Waals surface area contributed by atoms with Crippen molar-refractivity contribution < 1.29 is 5.21 Å². The normalized spacial score (nSPS) is 39.3.